The van der Waals surface area contributed by atoms with Crippen LogP contribution in [0.1, 0.15) is 0 Å². The monoisotopic (exact) mass is 370 g/mol. The Bertz CT molecular complexity index is 598. The van der Waals surface area contributed by atoms with Gasteiger partial charge >= 0.3 is 0 Å². The number of hydrogen-bond acceptors (Lipinski definition) is 5. The minimum absolute atomic E-state index is 0.0859. The topological polar surface area (TPSA) is 103 Å². The van der Waals surface area contributed by atoms with Crippen LogP contribution in [0.5, 0.6) is 0 Å². The van der Waals surface area contributed by atoms with Gasteiger partial charge in [0.2, 0.25) is 0 Å². The van der Waals surface area contributed by atoms with Crippen molar-refractivity contribution in [1.29, 1.82) is 10.5 Å². The lowest BCUT2D eigenvalue weighted by molar-refractivity contribution is -0.385. The zero-order valence-electron chi connectivity index (χ0n) is 8.65. The molecule has 18 heavy (non-hydrogen) atoms. The van der Waals surface area contributed by atoms with Crippen LogP contribution in [0.3, 0.4) is 0 Å². The van der Waals surface area contributed by atoms with Crippen LogP contribution in [0.4, 0.5) is 11.4 Å². The molecule has 0 fully saturated rings. The smallest absolute Gasteiger partial charge is 0.284 e. The summed E-state index contributed by atoms with van der Waals surface area (Å²) in [5.74, 6) is 0. The fourth-order valence-corrected chi connectivity index (χ4v) is 1.96. The molecular weight excluding hydrogens is 368 g/mol. The van der Waals surface area contributed by atoms with Crippen LogP contribution in [-0.4, -0.2) is 4.92 Å². The van der Waals surface area contributed by atoms with E-state index < -0.39 is 4.92 Å². The zero-order valence-corrected chi connectivity index (χ0v) is 11.8. The molecule has 0 bridgehead atoms. The number of nitriles is 2. The van der Waals surface area contributed by atoms with Gasteiger partial charge in [-0.25, -0.2) is 0 Å². The van der Waals surface area contributed by atoms with E-state index in [0.29, 0.717) is 14.6 Å². The number of benzene rings is 1. The second kappa shape index (κ2) is 6.15. The number of nitro benzene ring substituents is 1. The molecule has 1 aromatic rings. The highest BCUT2D eigenvalue weighted by molar-refractivity contribution is 9.11. The van der Waals surface area contributed by atoms with Crippen molar-refractivity contribution in [1.82, 2.24) is 0 Å². The largest absolute Gasteiger partial charge is 0.359 e. The molecular formula is C10H4Br2N4O2. The molecule has 0 saturated heterocycles. The minimum Gasteiger partial charge on any atom is -0.359 e. The SMILES string of the molecule is N#CC(C#N)=CNc1cc(Br)c([N+](=O)[O-])cc1Br. The van der Waals surface area contributed by atoms with Gasteiger partial charge in [-0.15, -0.1) is 0 Å². The number of halogens is 2. The van der Waals surface area contributed by atoms with E-state index in [2.05, 4.69) is 37.2 Å². The second-order valence-corrected chi connectivity index (χ2v) is 4.68. The lowest BCUT2D eigenvalue weighted by Gasteiger charge is -2.05. The molecule has 1 N–H and O–H groups in total. The Morgan fingerprint density at radius 1 is 1.33 bits per heavy atom. The van der Waals surface area contributed by atoms with Crippen LogP contribution in [0.2, 0.25) is 0 Å². The molecule has 6 nitrogen and oxygen atoms in total. The highest BCUT2D eigenvalue weighted by atomic mass is 79.9. The average molecular weight is 372 g/mol. The van der Waals surface area contributed by atoms with Crippen molar-refractivity contribution in [2.45, 2.75) is 0 Å². The molecule has 0 aliphatic heterocycles. The van der Waals surface area contributed by atoms with E-state index in [1.165, 1.54) is 18.3 Å². The molecule has 0 unspecified atom stereocenters. The summed E-state index contributed by atoms with van der Waals surface area (Å²) in [6.45, 7) is 0. The number of nitro groups is 1. The molecule has 0 aromatic heterocycles. The number of nitrogens with zero attached hydrogens (tertiary/aromatic N) is 3. The van der Waals surface area contributed by atoms with Crippen LogP contribution in [0, 0.1) is 32.8 Å². The standard InChI is InChI=1S/C10H4Br2N4O2/c11-7-2-10(16(17)18)8(12)1-9(7)15-5-6(3-13)4-14/h1-2,5,15H. The lowest BCUT2D eigenvalue weighted by Crippen LogP contribution is -1.95. The lowest BCUT2D eigenvalue weighted by atomic mass is 10.3. The van der Waals surface area contributed by atoms with Crippen molar-refractivity contribution in [3.63, 3.8) is 0 Å². The van der Waals surface area contributed by atoms with Crippen LogP contribution >= 0.6 is 31.9 Å². The van der Waals surface area contributed by atoms with Crippen LogP contribution < -0.4 is 5.32 Å². The zero-order chi connectivity index (χ0) is 13.7. The molecule has 90 valence electrons. The first-order valence-corrected chi connectivity index (χ1v) is 5.98. The number of allylic oxidation sites excluding steroid dienone is 1. The highest BCUT2D eigenvalue weighted by Crippen LogP contribution is 2.34. The first kappa shape index (κ1) is 14.2. The van der Waals surface area contributed by atoms with Gasteiger partial charge in [-0.05, 0) is 37.9 Å². The summed E-state index contributed by atoms with van der Waals surface area (Å²) in [5, 5.41) is 30.5. The van der Waals surface area contributed by atoms with E-state index in [-0.39, 0.29) is 11.3 Å². The van der Waals surface area contributed by atoms with Gasteiger partial charge in [-0.2, -0.15) is 10.5 Å². The van der Waals surface area contributed by atoms with E-state index in [9.17, 15) is 10.1 Å². The van der Waals surface area contributed by atoms with Crippen molar-refractivity contribution < 1.29 is 4.92 Å². The summed E-state index contributed by atoms with van der Waals surface area (Å²) in [6, 6.07) is 6.17. The maximum Gasteiger partial charge on any atom is 0.284 e. The Hall–Kier alpha value is -1.90. The summed E-state index contributed by atoms with van der Waals surface area (Å²) in [5.41, 5.74) is 0.309. The van der Waals surface area contributed by atoms with Gasteiger partial charge in [0.1, 0.15) is 17.7 Å². The Kier molecular flexibility index (Phi) is 4.84. The van der Waals surface area contributed by atoms with Gasteiger partial charge in [0.25, 0.3) is 5.69 Å². The third-order valence-electron chi connectivity index (χ3n) is 1.85. The molecule has 8 heteroatoms. The Balaban J connectivity index is 3.11. The van der Waals surface area contributed by atoms with E-state index in [1.54, 1.807) is 12.1 Å². The quantitative estimate of drug-likeness (QED) is 0.497. The van der Waals surface area contributed by atoms with Crippen LogP contribution in [-0.2, 0) is 0 Å². The van der Waals surface area contributed by atoms with E-state index in [4.69, 9.17) is 10.5 Å². The van der Waals surface area contributed by atoms with Crippen molar-refractivity contribution in [2.75, 3.05) is 5.32 Å². The summed E-state index contributed by atoms with van der Waals surface area (Å²) in [7, 11) is 0. The normalized spacial score (nSPS) is 8.89. The average Bonchev–Trinajstić information content (AvgIpc) is 2.33. The first-order valence-electron chi connectivity index (χ1n) is 4.40. The third-order valence-corrected chi connectivity index (χ3v) is 3.14. The summed E-state index contributed by atoms with van der Waals surface area (Å²) >= 11 is 6.23. The second-order valence-electron chi connectivity index (χ2n) is 2.97. The Morgan fingerprint density at radius 2 is 1.94 bits per heavy atom. The summed E-state index contributed by atoms with van der Waals surface area (Å²) < 4.78 is 0.742. The van der Waals surface area contributed by atoms with E-state index in [0.717, 1.165) is 0 Å². The van der Waals surface area contributed by atoms with Crippen LogP contribution in [0.25, 0.3) is 0 Å². The van der Waals surface area contributed by atoms with Crippen LogP contribution in [0.15, 0.2) is 32.9 Å². The molecule has 0 radical (unpaired) electrons. The summed E-state index contributed by atoms with van der Waals surface area (Å²) in [6.07, 6.45) is 1.22. The molecule has 0 aliphatic rings. The molecule has 1 rings (SSSR count). The number of anilines is 1. The van der Waals surface area contributed by atoms with Gasteiger partial charge in [0, 0.05) is 16.7 Å². The minimum atomic E-state index is -0.523. The molecule has 0 saturated carbocycles. The molecule has 0 heterocycles. The van der Waals surface area contributed by atoms with Gasteiger partial charge in [-0.3, -0.25) is 10.1 Å². The number of rotatable bonds is 3. The molecule has 0 aliphatic carbocycles. The first-order chi connectivity index (χ1) is 8.49. The fraction of sp³-hybridized carbons (Fsp3) is 0. The summed E-state index contributed by atoms with van der Waals surface area (Å²) in [4.78, 5) is 10.2. The molecule has 0 spiro atoms. The van der Waals surface area contributed by atoms with Crippen molar-refractivity contribution in [3.8, 4) is 12.1 Å². The van der Waals surface area contributed by atoms with Crippen molar-refractivity contribution >= 4 is 43.2 Å². The Labute approximate surface area is 119 Å². The Morgan fingerprint density at radius 3 is 2.44 bits per heavy atom. The predicted octanol–water partition coefficient (Wildman–Crippen LogP) is 3.46. The predicted molar refractivity (Wildman–Crippen MR) is 71.4 cm³/mol. The van der Waals surface area contributed by atoms with Crippen molar-refractivity contribution in [3.05, 3.63) is 43.0 Å². The van der Waals surface area contributed by atoms with E-state index >= 15 is 0 Å². The fourth-order valence-electron chi connectivity index (χ4n) is 1.03. The molecule has 0 atom stereocenters. The molecule has 0 amide bonds. The maximum absolute atomic E-state index is 10.7. The number of nitrogens with one attached hydrogen (secondary N) is 1. The van der Waals surface area contributed by atoms with Gasteiger partial charge in [-0.1, -0.05) is 0 Å². The molecule has 1 aromatic carbocycles. The van der Waals surface area contributed by atoms with Crippen molar-refractivity contribution in [2.24, 2.45) is 0 Å². The number of hydrogen-bond donors (Lipinski definition) is 1. The third kappa shape index (κ3) is 3.29. The van der Waals surface area contributed by atoms with Gasteiger partial charge in [0.15, 0.2) is 0 Å². The highest BCUT2D eigenvalue weighted by Gasteiger charge is 2.14. The van der Waals surface area contributed by atoms with Gasteiger partial charge < -0.3 is 5.32 Å². The maximum atomic E-state index is 10.7. The van der Waals surface area contributed by atoms with Gasteiger partial charge in [0.05, 0.1) is 15.1 Å². The van der Waals surface area contributed by atoms with E-state index in [1.807, 2.05) is 0 Å².